The third-order valence-corrected chi connectivity index (χ3v) is 7.00. The highest BCUT2D eigenvalue weighted by Crippen LogP contribution is 2.40. The molecule has 1 aromatic heterocycles. The van der Waals surface area contributed by atoms with E-state index in [9.17, 15) is 27.9 Å². The number of benzene rings is 3. The molecule has 3 aromatic carbocycles. The standard InChI is InChI=1S/C31H25F3N2O4/c1-19-29(21-6-3-2-4-7-21)40-30(39)36(19)18-23-16-24(31(32,33)34)10-12-26(23)27-14-20(15-28(37)38)9-11-25(27)22-8-5-13-35-17-22/h2-14,16-17,19,29H,15,18H2,1H3,(H,37,38). The molecule has 1 N–H and O–H groups in total. The van der Waals surface area contributed by atoms with Crippen LogP contribution >= 0.6 is 0 Å². The van der Waals surface area contributed by atoms with Gasteiger partial charge in [0.1, 0.15) is 6.10 Å². The van der Waals surface area contributed by atoms with Gasteiger partial charge in [-0.1, -0.05) is 54.6 Å². The molecular weight excluding hydrogens is 521 g/mol. The Hall–Kier alpha value is -4.66. The van der Waals surface area contributed by atoms with E-state index in [0.717, 1.165) is 17.7 Å². The zero-order valence-corrected chi connectivity index (χ0v) is 21.4. The second-order valence-electron chi connectivity index (χ2n) is 9.65. The summed E-state index contributed by atoms with van der Waals surface area (Å²) in [4.78, 5) is 30.0. The first kappa shape index (κ1) is 26.9. The Balaban J connectivity index is 1.63. The van der Waals surface area contributed by atoms with Crippen molar-refractivity contribution in [3.8, 4) is 22.3 Å². The first-order chi connectivity index (χ1) is 19.1. The zero-order valence-electron chi connectivity index (χ0n) is 21.4. The van der Waals surface area contributed by atoms with Gasteiger partial charge >= 0.3 is 18.2 Å². The number of pyridine rings is 1. The summed E-state index contributed by atoms with van der Waals surface area (Å²) in [6, 6.07) is 20.8. The molecule has 0 bridgehead atoms. The fraction of sp³-hybridized carbons (Fsp3) is 0.194. The summed E-state index contributed by atoms with van der Waals surface area (Å²) < 4.78 is 47.1. The average Bonchev–Trinajstić information content (AvgIpc) is 3.21. The molecule has 1 aliphatic heterocycles. The number of ether oxygens (including phenoxy) is 1. The van der Waals surface area contributed by atoms with Gasteiger partial charge in [-0.3, -0.25) is 14.7 Å². The Kier molecular flexibility index (Phi) is 7.30. The van der Waals surface area contributed by atoms with Crippen LogP contribution in [0.15, 0.2) is 91.3 Å². The van der Waals surface area contributed by atoms with Crippen LogP contribution in [0.1, 0.15) is 35.3 Å². The second kappa shape index (κ2) is 10.8. The molecule has 0 saturated carbocycles. The van der Waals surface area contributed by atoms with Gasteiger partial charge in [0.05, 0.1) is 24.6 Å². The van der Waals surface area contributed by atoms with Crippen molar-refractivity contribution in [2.45, 2.75) is 38.2 Å². The van der Waals surface area contributed by atoms with Crippen LogP contribution in [0.5, 0.6) is 0 Å². The van der Waals surface area contributed by atoms with E-state index in [1.54, 1.807) is 43.6 Å². The van der Waals surface area contributed by atoms with Crippen molar-refractivity contribution in [2.75, 3.05) is 0 Å². The number of rotatable bonds is 7. The van der Waals surface area contributed by atoms with Gasteiger partial charge in [0.25, 0.3) is 0 Å². The lowest BCUT2D eigenvalue weighted by Gasteiger charge is -2.24. The van der Waals surface area contributed by atoms with Crippen molar-refractivity contribution in [3.05, 3.63) is 114 Å². The predicted molar refractivity (Wildman–Crippen MR) is 142 cm³/mol. The van der Waals surface area contributed by atoms with Gasteiger partial charge in [0, 0.05) is 18.0 Å². The lowest BCUT2D eigenvalue weighted by molar-refractivity contribution is -0.138. The molecule has 9 heteroatoms. The van der Waals surface area contributed by atoms with Crippen molar-refractivity contribution in [1.82, 2.24) is 9.88 Å². The van der Waals surface area contributed by atoms with Crippen molar-refractivity contribution >= 4 is 12.1 Å². The fourth-order valence-electron chi connectivity index (χ4n) is 5.02. The van der Waals surface area contributed by atoms with Gasteiger partial charge in [-0.2, -0.15) is 13.2 Å². The number of halogens is 3. The normalized spacial score (nSPS) is 17.1. The van der Waals surface area contributed by atoms with Crippen LogP contribution in [0.2, 0.25) is 0 Å². The van der Waals surface area contributed by atoms with Gasteiger partial charge in [-0.05, 0) is 64.6 Å². The van der Waals surface area contributed by atoms with E-state index in [0.29, 0.717) is 27.8 Å². The Morgan fingerprint density at radius 1 is 0.975 bits per heavy atom. The first-order valence-corrected chi connectivity index (χ1v) is 12.6. The molecular formula is C31H25F3N2O4. The first-order valence-electron chi connectivity index (χ1n) is 12.6. The SMILES string of the molecule is CC1C(c2ccccc2)OC(=O)N1Cc1cc(C(F)(F)F)ccc1-c1cc(CC(=O)O)ccc1-c1cccnc1. The summed E-state index contributed by atoms with van der Waals surface area (Å²) in [5.74, 6) is -1.03. The van der Waals surface area contributed by atoms with Gasteiger partial charge in [-0.15, -0.1) is 0 Å². The molecule has 0 spiro atoms. The Morgan fingerprint density at radius 3 is 2.40 bits per heavy atom. The number of carboxylic acid groups (broad SMARTS) is 1. The van der Waals surface area contributed by atoms with Crippen LogP contribution in [0.25, 0.3) is 22.3 Å². The van der Waals surface area contributed by atoms with Crippen LogP contribution in [0, 0.1) is 0 Å². The number of amides is 1. The molecule has 0 aliphatic carbocycles. The van der Waals surface area contributed by atoms with E-state index in [1.807, 2.05) is 36.4 Å². The lowest BCUT2D eigenvalue weighted by atomic mass is 9.89. The number of carbonyl (C=O) groups excluding carboxylic acids is 1. The largest absolute Gasteiger partial charge is 0.481 e. The number of aromatic nitrogens is 1. The molecule has 204 valence electrons. The van der Waals surface area contributed by atoms with E-state index in [4.69, 9.17) is 4.74 Å². The molecule has 6 nitrogen and oxygen atoms in total. The minimum absolute atomic E-state index is 0.141. The number of carboxylic acids is 1. The predicted octanol–water partition coefficient (Wildman–Crippen LogP) is 7.14. The molecule has 1 fully saturated rings. The summed E-state index contributed by atoms with van der Waals surface area (Å²) in [6.45, 7) is 1.66. The third kappa shape index (κ3) is 5.54. The van der Waals surface area contributed by atoms with Crippen molar-refractivity contribution in [3.63, 3.8) is 0 Å². The summed E-state index contributed by atoms with van der Waals surface area (Å²) in [7, 11) is 0. The number of nitrogens with zero attached hydrogens (tertiary/aromatic N) is 2. The molecule has 1 aliphatic rings. The van der Waals surface area contributed by atoms with E-state index in [2.05, 4.69) is 4.98 Å². The average molecular weight is 547 g/mol. The summed E-state index contributed by atoms with van der Waals surface area (Å²) in [5.41, 5.74) is 3.04. The van der Waals surface area contributed by atoms with Gasteiger partial charge in [-0.25, -0.2) is 4.79 Å². The Bertz CT molecular complexity index is 1540. The Labute approximate surface area is 228 Å². The molecule has 4 aromatic rings. The van der Waals surface area contributed by atoms with Gasteiger partial charge in [0.15, 0.2) is 0 Å². The molecule has 2 unspecified atom stereocenters. The van der Waals surface area contributed by atoms with Crippen LogP contribution in [0.3, 0.4) is 0 Å². The third-order valence-electron chi connectivity index (χ3n) is 7.00. The van der Waals surface area contributed by atoms with Crippen LogP contribution in [-0.2, 0) is 28.7 Å². The van der Waals surface area contributed by atoms with Crippen molar-refractivity contribution in [1.29, 1.82) is 0 Å². The maximum Gasteiger partial charge on any atom is 0.416 e. The van der Waals surface area contributed by atoms with E-state index < -0.39 is 35.9 Å². The highest BCUT2D eigenvalue weighted by Gasteiger charge is 2.40. The number of carbonyl (C=O) groups is 2. The summed E-state index contributed by atoms with van der Waals surface area (Å²) >= 11 is 0. The number of cyclic esters (lactones) is 1. The Morgan fingerprint density at radius 2 is 1.73 bits per heavy atom. The van der Waals surface area contributed by atoms with Gasteiger partial charge < -0.3 is 9.84 Å². The fourth-order valence-corrected chi connectivity index (χ4v) is 5.02. The monoisotopic (exact) mass is 546 g/mol. The van der Waals surface area contributed by atoms with E-state index >= 15 is 0 Å². The second-order valence-corrected chi connectivity index (χ2v) is 9.65. The summed E-state index contributed by atoms with van der Waals surface area (Å²) in [5, 5.41) is 9.37. The highest BCUT2D eigenvalue weighted by molar-refractivity contribution is 5.86. The highest BCUT2D eigenvalue weighted by atomic mass is 19.4. The number of hydrogen-bond donors (Lipinski definition) is 1. The molecule has 0 radical (unpaired) electrons. The number of alkyl halides is 3. The van der Waals surface area contributed by atoms with Crippen molar-refractivity contribution < 1.29 is 32.6 Å². The summed E-state index contributed by atoms with van der Waals surface area (Å²) in [6.07, 6.45) is -2.83. The molecule has 2 heterocycles. The molecule has 1 amide bonds. The molecule has 2 atom stereocenters. The molecule has 5 rings (SSSR count). The lowest BCUT2D eigenvalue weighted by Crippen LogP contribution is -2.31. The molecule has 1 saturated heterocycles. The van der Waals surface area contributed by atoms with Crippen LogP contribution in [-0.4, -0.2) is 33.1 Å². The van der Waals surface area contributed by atoms with E-state index in [1.165, 1.54) is 11.0 Å². The maximum absolute atomic E-state index is 13.8. The van der Waals surface area contributed by atoms with E-state index in [-0.39, 0.29) is 18.5 Å². The smallest absolute Gasteiger partial charge is 0.416 e. The van der Waals surface area contributed by atoms with Crippen molar-refractivity contribution in [2.24, 2.45) is 0 Å². The minimum atomic E-state index is -4.60. The number of hydrogen-bond acceptors (Lipinski definition) is 4. The molecule has 40 heavy (non-hydrogen) atoms. The number of aliphatic carboxylic acids is 1. The van der Waals surface area contributed by atoms with Gasteiger partial charge in [0.2, 0.25) is 0 Å². The van der Waals surface area contributed by atoms with Crippen LogP contribution < -0.4 is 0 Å². The quantitative estimate of drug-likeness (QED) is 0.266. The topological polar surface area (TPSA) is 79.7 Å². The zero-order chi connectivity index (χ0) is 28.4. The minimum Gasteiger partial charge on any atom is -0.481 e. The maximum atomic E-state index is 13.8. The van der Waals surface area contributed by atoms with Crippen LogP contribution in [0.4, 0.5) is 18.0 Å².